The first-order valence-electron chi connectivity index (χ1n) is 5.35. The number of anilines is 1. The van der Waals surface area contributed by atoms with Gasteiger partial charge in [0.05, 0.1) is 17.1 Å². The van der Waals surface area contributed by atoms with Crippen LogP contribution in [0, 0.1) is 5.82 Å². The summed E-state index contributed by atoms with van der Waals surface area (Å²) in [5.41, 5.74) is -0.137. The molecule has 2 aromatic rings. The van der Waals surface area contributed by atoms with Crippen LogP contribution in [-0.2, 0) is 0 Å². The van der Waals surface area contributed by atoms with Crippen LogP contribution in [0.1, 0.15) is 10.4 Å². The van der Waals surface area contributed by atoms with Gasteiger partial charge in [0.25, 0.3) is 5.91 Å². The molecule has 8 heteroatoms. The van der Waals surface area contributed by atoms with Gasteiger partial charge in [-0.2, -0.15) is 4.98 Å². The third-order valence-corrected chi connectivity index (χ3v) is 3.11. The molecule has 0 fully saturated rings. The predicted octanol–water partition coefficient (Wildman–Crippen LogP) is 3.29. The largest absolute Gasteiger partial charge is 0.481 e. The van der Waals surface area contributed by atoms with E-state index in [4.69, 9.17) is 16.3 Å². The fourth-order valence-electron chi connectivity index (χ4n) is 1.41. The molecule has 0 saturated heterocycles. The van der Waals surface area contributed by atoms with Gasteiger partial charge in [-0.05, 0) is 28.1 Å². The molecule has 0 bridgehead atoms. The summed E-state index contributed by atoms with van der Waals surface area (Å²) in [6.07, 6.45) is 0. The molecule has 0 unspecified atom stereocenters. The molecule has 0 spiro atoms. The fourth-order valence-corrected chi connectivity index (χ4v) is 1.95. The molecule has 0 aliphatic rings. The molecule has 1 aromatic carbocycles. The highest BCUT2D eigenvalue weighted by Crippen LogP contribution is 2.20. The molecule has 0 radical (unpaired) electrons. The highest BCUT2D eigenvalue weighted by Gasteiger charge is 2.15. The van der Waals surface area contributed by atoms with Crippen molar-refractivity contribution in [3.8, 4) is 5.88 Å². The lowest BCUT2D eigenvalue weighted by atomic mass is 10.2. The lowest BCUT2D eigenvalue weighted by molar-refractivity contribution is 0.102. The molecule has 0 atom stereocenters. The molecule has 20 heavy (non-hydrogen) atoms. The normalized spacial score (nSPS) is 10.2. The van der Waals surface area contributed by atoms with Crippen molar-refractivity contribution in [2.45, 2.75) is 0 Å². The first-order valence-corrected chi connectivity index (χ1v) is 6.52. The number of carbonyl (C=O) groups excluding carboxylic acids is 1. The number of halogens is 3. The summed E-state index contributed by atoms with van der Waals surface area (Å²) in [5.74, 6) is -1.24. The highest BCUT2D eigenvalue weighted by molar-refractivity contribution is 9.10. The number of amides is 1. The zero-order valence-electron chi connectivity index (χ0n) is 10.2. The van der Waals surface area contributed by atoms with E-state index in [1.54, 1.807) is 6.07 Å². The number of hydrogen-bond donors (Lipinski definition) is 1. The van der Waals surface area contributed by atoms with Crippen LogP contribution in [0.3, 0.4) is 0 Å². The van der Waals surface area contributed by atoms with Crippen molar-refractivity contribution in [1.82, 2.24) is 9.97 Å². The second kappa shape index (κ2) is 6.15. The molecule has 2 rings (SSSR count). The van der Waals surface area contributed by atoms with Gasteiger partial charge in [0.15, 0.2) is 0 Å². The molecular weight excluding hydrogens is 353 g/mol. The number of nitrogens with zero attached hydrogens (tertiary/aromatic N) is 2. The Bertz CT molecular complexity index is 669. The minimum atomic E-state index is -0.687. The Morgan fingerprint density at radius 3 is 2.90 bits per heavy atom. The smallest absolute Gasteiger partial charge is 0.261 e. The van der Waals surface area contributed by atoms with E-state index < -0.39 is 11.7 Å². The van der Waals surface area contributed by atoms with E-state index in [1.807, 2.05) is 0 Å². The summed E-state index contributed by atoms with van der Waals surface area (Å²) < 4.78 is 18.9. The molecule has 1 heterocycles. The van der Waals surface area contributed by atoms with Crippen LogP contribution in [0.25, 0.3) is 0 Å². The van der Waals surface area contributed by atoms with Crippen LogP contribution < -0.4 is 10.1 Å². The molecule has 1 N–H and O–H groups in total. The quantitative estimate of drug-likeness (QED) is 0.853. The van der Waals surface area contributed by atoms with Crippen LogP contribution >= 0.6 is 27.5 Å². The van der Waals surface area contributed by atoms with Crippen molar-refractivity contribution >= 4 is 39.4 Å². The Morgan fingerprint density at radius 2 is 2.20 bits per heavy atom. The van der Waals surface area contributed by atoms with Gasteiger partial charge in [-0.25, -0.2) is 9.37 Å². The average molecular weight is 361 g/mol. The van der Waals surface area contributed by atoms with Crippen LogP contribution in [0.4, 0.5) is 10.3 Å². The maximum absolute atomic E-state index is 13.8. The number of ether oxygens (including phenoxy) is 1. The van der Waals surface area contributed by atoms with Gasteiger partial charge in [0, 0.05) is 6.07 Å². The summed E-state index contributed by atoms with van der Waals surface area (Å²) in [4.78, 5) is 19.7. The monoisotopic (exact) mass is 359 g/mol. The van der Waals surface area contributed by atoms with Gasteiger partial charge in [-0.1, -0.05) is 17.7 Å². The summed E-state index contributed by atoms with van der Waals surface area (Å²) in [7, 11) is 1.40. The van der Waals surface area contributed by atoms with E-state index in [0.717, 1.165) is 0 Å². The molecule has 104 valence electrons. The number of benzene rings is 1. The van der Waals surface area contributed by atoms with Gasteiger partial charge in [-0.3, -0.25) is 10.1 Å². The first-order chi connectivity index (χ1) is 9.51. The van der Waals surface area contributed by atoms with Crippen molar-refractivity contribution < 1.29 is 13.9 Å². The molecule has 1 aromatic heterocycles. The molecule has 1 amide bonds. The van der Waals surface area contributed by atoms with Crippen molar-refractivity contribution in [2.24, 2.45) is 0 Å². The summed E-state index contributed by atoms with van der Waals surface area (Å²) in [5, 5.41) is 2.45. The first kappa shape index (κ1) is 14.7. The summed E-state index contributed by atoms with van der Waals surface area (Å²) in [6, 6.07) is 5.76. The number of rotatable bonds is 3. The third kappa shape index (κ3) is 3.23. The fraction of sp³-hybridized carbons (Fsp3) is 0.0833. The van der Waals surface area contributed by atoms with Crippen LogP contribution in [0.5, 0.6) is 5.88 Å². The van der Waals surface area contributed by atoms with Crippen molar-refractivity contribution in [2.75, 3.05) is 12.4 Å². The summed E-state index contributed by atoms with van der Waals surface area (Å²) in [6.45, 7) is 0. The summed E-state index contributed by atoms with van der Waals surface area (Å²) >= 11 is 8.76. The zero-order chi connectivity index (χ0) is 14.7. The maximum atomic E-state index is 13.8. The van der Waals surface area contributed by atoms with Crippen molar-refractivity contribution in [3.63, 3.8) is 0 Å². The minimum absolute atomic E-state index is 0.0706. The average Bonchev–Trinajstić information content (AvgIpc) is 2.41. The molecular formula is C12H8BrClFN3O2. The Morgan fingerprint density at radius 1 is 1.45 bits per heavy atom. The second-order valence-electron chi connectivity index (χ2n) is 3.61. The van der Waals surface area contributed by atoms with Gasteiger partial charge in [0.1, 0.15) is 11.0 Å². The maximum Gasteiger partial charge on any atom is 0.261 e. The number of methoxy groups -OCH3 is 1. The van der Waals surface area contributed by atoms with E-state index in [0.29, 0.717) is 0 Å². The molecule has 0 aliphatic heterocycles. The van der Waals surface area contributed by atoms with Crippen LogP contribution in [0.2, 0.25) is 5.15 Å². The van der Waals surface area contributed by atoms with Gasteiger partial charge in [0.2, 0.25) is 11.8 Å². The lowest BCUT2D eigenvalue weighted by Crippen LogP contribution is -2.16. The van der Waals surface area contributed by atoms with Gasteiger partial charge < -0.3 is 4.74 Å². The standard InChI is InChI=1S/C12H8BrClFN3O2/c1-20-9-5-8(14)16-12(17-9)18-11(19)6-3-2-4-7(13)10(6)15/h2-5H,1H3,(H,16,17,18,19). The Kier molecular flexibility index (Phi) is 4.51. The zero-order valence-corrected chi connectivity index (χ0v) is 12.5. The van der Waals surface area contributed by atoms with Gasteiger partial charge >= 0.3 is 0 Å². The molecule has 0 saturated carbocycles. The topological polar surface area (TPSA) is 64.1 Å². The van der Waals surface area contributed by atoms with E-state index in [2.05, 4.69) is 31.2 Å². The van der Waals surface area contributed by atoms with E-state index in [1.165, 1.54) is 25.3 Å². The van der Waals surface area contributed by atoms with Crippen molar-refractivity contribution in [3.05, 3.63) is 45.3 Å². The number of carbonyl (C=O) groups is 1. The third-order valence-electron chi connectivity index (χ3n) is 2.30. The van der Waals surface area contributed by atoms with Gasteiger partial charge in [-0.15, -0.1) is 0 Å². The van der Waals surface area contributed by atoms with Crippen LogP contribution in [-0.4, -0.2) is 23.0 Å². The van der Waals surface area contributed by atoms with Crippen molar-refractivity contribution in [1.29, 1.82) is 0 Å². The Hall–Kier alpha value is -1.73. The van der Waals surface area contributed by atoms with Crippen LogP contribution in [0.15, 0.2) is 28.7 Å². The van der Waals surface area contributed by atoms with E-state index >= 15 is 0 Å². The van der Waals surface area contributed by atoms with E-state index in [9.17, 15) is 9.18 Å². The lowest BCUT2D eigenvalue weighted by Gasteiger charge is -2.07. The SMILES string of the molecule is COc1cc(Cl)nc(NC(=O)c2cccc(Br)c2F)n1. The number of hydrogen-bond acceptors (Lipinski definition) is 4. The minimum Gasteiger partial charge on any atom is -0.481 e. The predicted molar refractivity (Wildman–Crippen MR) is 75.6 cm³/mol. The Labute approximate surface area is 127 Å². The van der Waals surface area contributed by atoms with E-state index in [-0.39, 0.29) is 27.0 Å². The molecule has 5 nitrogen and oxygen atoms in total. The highest BCUT2D eigenvalue weighted by atomic mass is 79.9. The Balaban J connectivity index is 2.28. The second-order valence-corrected chi connectivity index (χ2v) is 4.85. The number of nitrogens with one attached hydrogen (secondary N) is 1. The number of aromatic nitrogens is 2. The molecule has 0 aliphatic carbocycles.